The molecule has 1 heterocycles. The van der Waals surface area contributed by atoms with E-state index in [0.29, 0.717) is 19.7 Å². The topological polar surface area (TPSA) is 111 Å². The van der Waals surface area contributed by atoms with E-state index in [1.807, 2.05) is 11.8 Å². The lowest BCUT2D eigenvalue weighted by molar-refractivity contribution is -0.130. The summed E-state index contributed by atoms with van der Waals surface area (Å²) in [6, 6.07) is -1.17. The van der Waals surface area contributed by atoms with Gasteiger partial charge in [0.2, 0.25) is 5.91 Å². The number of hydrogen-bond donors (Lipinski definition) is 3. The monoisotopic (exact) mass is 244 g/mol. The quantitative estimate of drug-likeness (QED) is 0.566. The van der Waals surface area contributed by atoms with E-state index in [-0.39, 0.29) is 12.1 Å². The van der Waals surface area contributed by atoms with Gasteiger partial charge in [0.25, 0.3) is 0 Å². The lowest BCUT2D eigenvalue weighted by Gasteiger charge is -2.40. The van der Waals surface area contributed by atoms with Gasteiger partial charge in [-0.3, -0.25) is 15.0 Å². The molecule has 0 aliphatic carbocycles. The van der Waals surface area contributed by atoms with Gasteiger partial charge in [0.15, 0.2) is 0 Å². The van der Waals surface area contributed by atoms with Crippen molar-refractivity contribution in [1.29, 1.82) is 0 Å². The molecular formula is C10H20N4O3. The van der Waals surface area contributed by atoms with Gasteiger partial charge in [-0.05, 0) is 13.8 Å². The number of nitrogens with zero attached hydrogens (tertiary/aromatic N) is 1. The Morgan fingerprint density at radius 2 is 2.24 bits per heavy atom. The minimum absolute atomic E-state index is 0.0740. The molecule has 0 aromatic heterocycles. The maximum Gasteiger partial charge on any atom is 0.318 e. The van der Waals surface area contributed by atoms with Crippen molar-refractivity contribution in [3.05, 3.63) is 0 Å². The van der Waals surface area contributed by atoms with Crippen LogP contribution in [0, 0.1) is 0 Å². The molecule has 0 radical (unpaired) electrons. The summed E-state index contributed by atoms with van der Waals surface area (Å²) in [4.78, 5) is 24.3. The Balaban J connectivity index is 2.62. The van der Waals surface area contributed by atoms with Crippen molar-refractivity contribution in [1.82, 2.24) is 10.2 Å². The Morgan fingerprint density at radius 3 is 2.76 bits per heavy atom. The fourth-order valence-corrected chi connectivity index (χ4v) is 1.90. The fourth-order valence-electron chi connectivity index (χ4n) is 1.90. The van der Waals surface area contributed by atoms with Gasteiger partial charge < -0.3 is 16.2 Å². The summed E-state index contributed by atoms with van der Waals surface area (Å²) in [7, 11) is 0. The zero-order valence-electron chi connectivity index (χ0n) is 10.2. The highest BCUT2D eigenvalue weighted by molar-refractivity contribution is 5.96. The Kier molecular flexibility index (Phi) is 4.86. The number of nitrogens with one attached hydrogen (secondary N) is 1. The van der Waals surface area contributed by atoms with Crippen molar-refractivity contribution in [3.8, 4) is 0 Å². The zero-order valence-corrected chi connectivity index (χ0v) is 10.2. The second kappa shape index (κ2) is 5.95. The summed E-state index contributed by atoms with van der Waals surface area (Å²) >= 11 is 0. The molecule has 7 heteroatoms. The van der Waals surface area contributed by atoms with E-state index in [0.717, 1.165) is 0 Å². The van der Waals surface area contributed by atoms with E-state index in [4.69, 9.17) is 16.2 Å². The van der Waals surface area contributed by atoms with Gasteiger partial charge in [-0.2, -0.15) is 0 Å². The first-order valence-electron chi connectivity index (χ1n) is 5.63. The first-order chi connectivity index (χ1) is 7.95. The number of amides is 3. The molecule has 5 N–H and O–H groups in total. The highest BCUT2D eigenvalue weighted by Gasteiger charge is 2.32. The number of carbonyl (C=O) groups is 2. The number of carbonyl (C=O) groups excluding carboxylic acids is 2. The van der Waals surface area contributed by atoms with Crippen molar-refractivity contribution in [3.63, 3.8) is 0 Å². The molecular weight excluding hydrogens is 224 g/mol. The smallest absolute Gasteiger partial charge is 0.318 e. The number of primary amides is 1. The lowest BCUT2D eigenvalue weighted by atomic mass is 10.1. The Labute approximate surface area is 100 Å². The van der Waals surface area contributed by atoms with Gasteiger partial charge in [0, 0.05) is 19.1 Å². The van der Waals surface area contributed by atoms with Gasteiger partial charge in [-0.1, -0.05) is 0 Å². The molecule has 1 fully saturated rings. The summed E-state index contributed by atoms with van der Waals surface area (Å²) < 4.78 is 5.49. The van der Waals surface area contributed by atoms with Crippen molar-refractivity contribution in [2.45, 2.75) is 32.0 Å². The van der Waals surface area contributed by atoms with Crippen LogP contribution in [0.15, 0.2) is 0 Å². The highest BCUT2D eigenvalue weighted by atomic mass is 16.5. The Bertz CT molecular complexity index is 297. The first kappa shape index (κ1) is 13.9. The molecule has 0 saturated carbocycles. The highest BCUT2D eigenvalue weighted by Crippen LogP contribution is 2.14. The van der Waals surface area contributed by atoms with Gasteiger partial charge in [-0.25, -0.2) is 4.79 Å². The Morgan fingerprint density at radius 1 is 1.59 bits per heavy atom. The van der Waals surface area contributed by atoms with Crippen LogP contribution in [0.2, 0.25) is 0 Å². The molecule has 98 valence electrons. The van der Waals surface area contributed by atoms with Crippen LogP contribution in [0.4, 0.5) is 4.79 Å². The molecule has 1 aliphatic heterocycles. The van der Waals surface area contributed by atoms with Gasteiger partial charge in [-0.15, -0.1) is 0 Å². The number of imide groups is 1. The average Bonchev–Trinajstić information content (AvgIpc) is 2.28. The van der Waals surface area contributed by atoms with E-state index in [2.05, 4.69) is 5.32 Å². The van der Waals surface area contributed by atoms with E-state index in [1.165, 1.54) is 0 Å². The zero-order chi connectivity index (χ0) is 13.0. The third-order valence-corrected chi connectivity index (χ3v) is 2.94. The fraction of sp³-hybridized carbons (Fsp3) is 0.800. The molecule has 0 aromatic carbocycles. The van der Waals surface area contributed by atoms with Crippen LogP contribution in [0.1, 0.15) is 13.8 Å². The molecule has 1 saturated heterocycles. The van der Waals surface area contributed by atoms with Crippen LogP contribution < -0.4 is 16.8 Å². The largest absolute Gasteiger partial charge is 0.374 e. The summed E-state index contributed by atoms with van der Waals surface area (Å²) in [5.74, 6) is -0.401. The van der Waals surface area contributed by atoms with Crippen LogP contribution in [0.5, 0.6) is 0 Å². The van der Waals surface area contributed by atoms with Crippen molar-refractivity contribution >= 4 is 11.9 Å². The first-order valence-corrected chi connectivity index (χ1v) is 5.63. The molecule has 3 amide bonds. The number of ether oxygens (including phenoxy) is 1. The van der Waals surface area contributed by atoms with E-state index < -0.39 is 18.0 Å². The molecule has 0 aromatic rings. The van der Waals surface area contributed by atoms with E-state index >= 15 is 0 Å². The molecule has 1 aliphatic rings. The average molecular weight is 244 g/mol. The normalized spacial score (nSPS) is 27.5. The number of morpholine rings is 1. The van der Waals surface area contributed by atoms with Crippen LogP contribution in [0.25, 0.3) is 0 Å². The van der Waals surface area contributed by atoms with Gasteiger partial charge in [0.1, 0.15) is 0 Å². The molecule has 0 bridgehead atoms. The standard InChI is InChI=1S/C10H20N4O3/c1-6-5-17-8(3-11)4-14(6)7(2)9(15)13-10(12)16/h6-8H,3-5,11H2,1-2H3,(H3,12,13,15,16). The van der Waals surface area contributed by atoms with E-state index in [9.17, 15) is 9.59 Å². The molecule has 3 atom stereocenters. The van der Waals surface area contributed by atoms with E-state index in [1.54, 1.807) is 6.92 Å². The summed E-state index contributed by atoms with van der Waals surface area (Å²) in [6.07, 6.45) is -0.0740. The predicted molar refractivity (Wildman–Crippen MR) is 62.2 cm³/mol. The summed E-state index contributed by atoms with van der Waals surface area (Å²) in [5.41, 5.74) is 10.5. The van der Waals surface area contributed by atoms with Gasteiger partial charge in [0.05, 0.1) is 18.8 Å². The predicted octanol–water partition coefficient (Wildman–Crippen LogP) is -1.38. The van der Waals surface area contributed by atoms with Crippen LogP contribution in [0.3, 0.4) is 0 Å². The molecule has 17 heavy (non-hydrogen) atoms. The third-order valence-electron chi connectivity index (χ3n) is 2.94. The molecule has 0 spiro atoms. The molecule has 7 nitrogen and oxygen atoms in total. The summed E-state index contributed by atoms with van der Waals surface area (Å²) in [5, 5.41) is 2.08. The van der Waals surface area contributed by atoms with Crippen molar-refractivity contribution in [2.75, 3.05) is 19.7 Å². The number of hydrogen-bond acceptors (Lipinski definition) is 5. The lowest BCUT2D eigenvalue weighted by Crippen LogP contribution is -2.58. The summed E-state index contributed by atoms with van der Waals surface area (Å²) in [6.45, 7) is 5.20. The minimum Gasteiger partial charge on any atom is -0.374 e. The van der Waals surface area contributed by atoms with Crippen molar-refractivity contribution in [2.24, 2.45) is 11.5 Å². The SMILES string of the molecule is CC1COC(CN)CN1C(C)C(=O)NC(N)=O. The third kappa shape index (κ3) is 3.65. The molecule has 1 rings (SSSR count). The number of rotatable bonds is 3. The maximum atomic E-state index is 11.7. The van der Waals surface area contributed by atoms with Crippen molar-refractivity contribution < 1.29 is 14.3 Å². The second-order valence-electron chi connectivity index (χ2n) is 4.27. The minimum atomic E-state index is -0.835. The van der Waals surface area contributed by atoms with Crippen LogP contribution in [-0.4, -0.2) is 54.7 Å². The number of urea groups is 1. The Hall–Kier alpha value is -1.18. The van der Waals surface area contributed by atoms with Crippen LogP contribution in [-0.2, 0) is 9.53 Å². The second-order valence-corrected chi connectivity index (χ2v) is 4.27. The van der Waals surface area contributed by atoms with Gasteiger partial charge >= 0.3 is 6.03 Å². The number of nitrogens with two attached hydrogens (primary N) is 2. The van der Waals surface area contributed by atoms with Crippen LogP contribution >= 0.6 is 0 Å². The maximum absolute atomic E-state index is 11.7. The molecule has 3 unspecified atom stereocenters.